The third-order valence-electron chi connectivity index (χ3n) is 4.75. The minimum absolute atomic E-state index is 0.0297. The molecule has 0 aliphatic carbocycles. The molecule has 0 spiro atoms. The zero-order chi connectivity index (χ0) is 21.0. The second-order valence-electron chi connectivity index (χ2n) is 7.59. The van der Waals surface area contributed by atoms with Gasteiger partial charge >= 0.3 is 6.09 Å². The number of carbonyl (C=O) groups excluding carboxylic acids is 2. The van der Waals surface area contributed by atoms with Crippen molar-refractivity contribution in [3.63, 3.8) is 0 Å². The third kappa shape index (κ3) is 5.02. The van der Waals surface area contributed by atoms with E-state index in [2.05, 4.69) is 19.2 Å². The zero-order valence-corrected chi connectivity index (χ0v) is 17.2. The van der Waals surface area contributed by atoms with E-state index in [1.807, 2.05) is 18.2 Å². The van der Waals surface area contributed by atoms with Crippen LogP contribution >= 0.6 is 0 Å². The molecule has 0 aromatic heterocycles. The molecule has 0 radical (unpaired) electrons. The fraction of sp³-hybridized carbons (Fsp3) is 0.348. The van der Waals surface area contributed by atoms with E-state index in [4.69, 9.17) is 14.5 Å². The van der Waals surface area contributed by atoms with Crippen LogP contribution in [0.15, 0.2) is 47.5 Å². The molecule has 0 unspecified atom stereocenters. The Morgan fingerprint density at radius 1 is 1.14 bits per heavy atom. The highest BCUT2D eigenvalue weighted by atomic mass is 16.5. The third-order valence-corrected chi connectivity index (χ3v) is 4.75. The number of ether oxygens (including phenoxy) is 2. The van der Waals surface area contributed by atoms with Gasteiger partial charge in [0, 0.05) is 16.8 Å². The van der Waals surface area contributed by atoms with Crippen molar-refractivity contribution in [2.24, 2.45) is 4.99 Å². The molecule has 152 valence electrons. The normalized spacial score (nSPS) is 14.4. The summed E-state index contributed by atoms with van der Waals surface area (Å²) in [7, 11) is 1.63. The van der Waals surface area contributed by atoms with Gasteiger partial charge in [-0.25, -0.2) is 4.79 Å². The number of nitrogens with zero attached hydrogens (tertiary/aromatic N) is 1. The molecular weight excluding hydrogens is 368 g/mol. The van der Waals surface area contributed by atoms with E-state index in [1.54, 1.807) is 38.3 Å². The Kier molecular flexibility index (Phi) is 6.01. The van der Waals surface area contributed by atoms with Gasteiger partial charge in [-0.1, -0.05) is 6.07 Å². The Labute approximate surface area is 170 Å². The van der Waals surface area contributed by atoms with Crippen molar-refractivity contribution < 1.29 is 19.1 Å². The van der Waals surface area contributed by atoms with Gasteiger partial charge in [0.15, 0.2) is 5.78 Å². The first kappa shape index (κ1) is 20.6. The van der Waals surface area contributed by atoms with Crippen LogP contribution in [0.5, 0.6) is 5.75 Å². The number of aliphatic imine (C=N–C) groups is 1. The van der Waals surface area contributed by atoms with E-state index in [9.17, 15) is 9.59 Å². The van der Waals surface area contributed by atoms with E-state index in [0.717, 1.165) is 23.4 Å². The lowest BCUT2D eigenvalue weighted by Crippen LogP contribution is -2.30. The predicted molar refractivity (Wildman–Crippen MR) is 113 cm³/mol. The van der Waals surface area contributed by atoms with E-state index in [0.29, 0.717) is 17.9 Å². The van der Waals surface area contributed by atoms with E-state index >= 15 is 0 Å². The van der Waals surface area contributed by atoms with E-state index in [1.165, 1.54) is 5.56 Å². The van der Waals surface area contributed by atoms with Crippen LogP contribution in [0.1, 0.15) is 48.7 Å². The fourth-order valence-electron chi connectivity index (χ4n) is 3.45. The second kappa shape index (κ2) is 8.47. The molecule has 1 amide bonds. The van der Waals surface area contributed by atoms with Gasteiger partial charge in [-0.3, -0.25) is 15.1 Å². The number of ketones is 1. The standard InChI is InChI=1S/C23H26N2O4/c1-5-29-22(27)24-17-9-6-15(7-10-17)21(26)13-20-19-12-18(28-4)11-8-16(19)14-23(2,3)25-20/h6-12H,5,13-14H2,1-4H3,(H,24,27). The lowest BCUT2D eigenvalue weighted by molar-refractivity contribution is 0.100. The number of methoxy groups -OCH3 is 1. The van der Waals surface area contributed by atoms with Crippen molar-refractivity contribution >= 4 is 23.3 Å². The molecule has 6 nitrogen and oxygen atoms in total. The molecule has 1 N–H and O–H groups in total. The summed E-state index contributed by atoms with van der Waals surface area (Å²) in [4.78, 5) is 29.2. The van der Waals surface area contributed by atoms with Crippen molar-refractivity contribution in [1.82, 2.24) is 0 Å². The molecule has 0 saturated heterocycles. The highest BCUT2D eigenvalue weighted by molar-refractivity contribution is 6.17. The number of nitrogens with one attached hydrogen (secondary N) is 1. The molecule has 2 aromatic rings. The zero-order valence-electron chi connectivity index (χ0n) is 17.2. The van der Waals surface area contributed by atoms with Crippen molar-refractivity contribution in [3.05, 3.63) is 59.2 Å². The van der Waals surface area contributed by atoms with Crippen molar-refractivity contribution in [1.29, 1.82) is 0 Å². The Morgan fingerprint density at radius 3 is 2.52 bits per heavy atom. The number of hydrogen-bond acceptors (Lipinski definition) is 5. The van der Waals surface area contributed by atoms with Gasteiger partial charge in [0.25, 0.3) is 0 Å². The van der Waals surface area contributed by atoms with Crippen LogP contribution in [0, 0.1) is 0 Å². The Bertz CT molecular complexity index is 946. The average Bonchev–Trinajstić information content (AvgIpc) is 2.67. The summed E-state index contributed by atoms with van der Waals surface area (Å²) in [6.07, 6.45) is 0.503. The molecule has 6 heteroatoms. The Balaban J connectivity index is 1.79. The molecule has 3 rings (SSSR count). The number of hydrogen-bond donors (Lipinski definition) is 1. The molecule has 0 bridgehead atoms. The van der Waals surface area contributed by atoms with Crippen LogP contribution in [-0.2, 0) is 11.2 Å². The van der Waals surface area contributed by atoms with Gasteiger partial charge in [0.1, 0.15) is 5.75 Å². The van der Waals surface area contributed by atoms with Gasteiger partial charge in [-0.2, -0.15) is 0 Å². The summed E-state index contributed by atoms with van der Waals surface area (Å²) in [5.41, 5.74) is 3.79. The van der Waals surface area contributed by atoms with Crippen LogP contribution in [0.2, 0.25) is 0 Å². The maximum atomic E-state index is 12.9. The van der Waals surface area contributed by atoms with Crippen LogP contribution in [0.4, 0.5) is 10.5 Å². The number of carbonyl (C=O) groups is 2. The molecule has 0 fully saturated rings. The number of Topliss-reactive ketones (excluding diaryl/α,β-unsaturated/α-hetero) is 1. The smallest absolute Gasteiger partial charge is 0.411 e. The average molecular weight is 394 g/mol. The van der Waals surface area contributed by atoms with Crippen LogP contribution in [0.3, 0.4) is 0 Å². The summed E-state index contributed by atoms with van der Waals surface area (Å²) in [5.74, 6) is 0.718. The van der Waals surface area contributed by atoms with Crippen LogP contribution in [-0.4, -0.2) is 36.8 Å². The lowest BCUT2D eigenvalue weighted by atomic mass is 9.85. The van der Waals surface area contributed by atoms with Gasteiger partial charge in [-0.15, -0.1) is 0 Å². The number of anilines is 1. The topological polar surface area (TPSA) is 77.0 Å². The van der Waals surface area contributed by atoms with E-state index < -0.39 is 6.09 Å². The first-order valence-corrected chi connectivity index (χ1v) is 9.64. The monoisotopic (exact) mass is 394 g/mol. The van der Waals surface area contributed by atoms with Gasteiger partial charge < -0.3 is 9.47 Å². The number of fused-ring (bicyclic) bond motifs is 1. The number of rotatable bonds is 6. The van der Waals surface area contributed by atoms with Crippen LogP contribution < -0.4 is 10.1 Å². The maximum Gasteiger partial charge on any atom is 0.411 e. The summed E-state index contributed by atoms with van der Waals surface area (Å²) in [5, 5.41) is 2.62. The SMILES string of the molecule is CCOC(=O)Nc1ccc(C(=O)CC2=NC(C)(C)Cc3ccc(OC)cc32)cc1. The molecule has 0 saturated carbocycles. The van der Waals surface area contributed by atoms with Gasteiger partial charge in [0.05, 0.1) is 31.4 Å². The lowest BCUT2D eigenvalue weighted by Gasteiger charge is -2.29. The molecule has 1 aliphatic heterocycles. The number of benzene rings is 2. The molecule has 2 aromatic carbocycles. The summed E-state index contributed by atoms with van der Waals surface area (Å²) < 4.78 is 10.2. The molecule has 1 heterocycles. The maximum absolute atomic E-state index is 12.9. The number of amides is 1. The summed E-state index contributed by atoms with van der Waals surface area (Å²) >= 11 is 0. The molecule has 1 aliphatic rings. The minimum Gasteiger partial charge on any atom is -0.497 e. The quantitative estimate of drug-likeness (QED) is 0.723. The summed E-state index contributed by atoms with van der Waals surface area (Å²) in [6, 6.07) is 12.7. The predicted octanol–water partition coefficient (Wildman–Crippen LogP) is 4.66. The van der Waals surface area contributed by atoms with Crippen molar-refractivity contribution in [2.45, 2.75) is 39.2 Å². The first-order chi connectivity index (χ1) is 13.8. The first-order valence-electron chi connectivity index (χ1n) is 9.64. The molecule has 29 heavy (non-hydrogen) atoms. The second-order valence-corrected chi connectivity index (χ2v) is 7.59. The van der Waals surface area contributed by atoms with Crippen molar-refractivity contribution in [3.8, 4) is 5.75 Å². The fourth-order valence-corrected chi connectivity index (χ4v) is 3.45. The highest BCUT2D eigenvalue weighted by Crippen LogP contribution is 2.31. The summed E-state index contributed by atoms with van der Waals surface area (Å²) in [6.45, 7) is 6.18. The van der Waals surface area contributed by atoms with Gasteiger partial charge in [-0.05, 0) is 69.2 Å². The molecule has 0 atom stereocenters. The minimum atomic E-state index is -0.518. The van der Waals surface area contributed by atoms with Crippen LogP contribution in [0.25, 0.3) is 0 Å². The Morgan fingerprint density at radius 2 is 1.86 bits per heavy atom. The largest absolute Gasteiger partial charge is 0.497 e. The van der Waals surface area contributed by atoms with Gasteiger partial charge in [0.2, 0.25) is 0 Å². The highest BCUT2D eigenvalue weighted by Gasteiger charge is 2.28. The Hall–Kier alpha value is -3.15. The molecular formula is C23H26N2O4. The van der Waals surface area contributed by atoms with E-state index in [-0.39, 0.29) is 17.7 Å². The van der Waals surface area contributed by atoms with Crippen molar-refractivity contribution in [2.75, 3.05) is 19.0 Å².